The van der Waals surface area contributed by atoms with Crippen LogP contribution >= 0.6 is 0 Å². The van der Waals surface area contributed by atoms with Gasteiger partial charge in [0.05, 0.1) is 34.4 Å². The van der Waals surface area contributed by atoms with Crippen molar-refractivity contribution in [3.05, 3.63) is 120 Å². The fourth-order valence-corrected chi connectivity index (χ4v) is 8.60. The average Bonchev–Trinajstić information content (AvgIpc) is 3.51. The molecule has 204 valence electrons. The summed E-state index contributed by atoms with van der Waals surface area (Å²) in [6, 6.07) is 32.5. The maximum atomic E-state index is 14.7. The van der Waals surface area contributed by atoms with Crippen molar-refractivity contribution in [2.24, 2.45) is 0 Å². The quantitative estimate of drug-likeness (QED) is 0.221. The molecule has 0 aliphatic heterocycles. The predicted molar refractivity (Wildman–Crippen MR) is 162 cm³/mol. The monoisotopic (exact) mass is 560 g/mol. The van der Waals surface area contributed by atoms with Gasteiger partial charge in [-0.25, -0.2) is 17.8 Å². The molecule has 1 aliphatic carbocycles. The Morgan fingerprint density at radius 1 is 0.732 bits per heavy atom. The summed E-state index contributed by atoms with van der Waals surface area (Å²) >= 11 is 0. The second-order valence-corrected chi connectivity index (χ2v) is 12.7. The van der Waals surface area contributed by atoms with Crippen molar-refractivity contribution >= 4 is 37.7 Å². The molecule has 0 radical (unpaired) electrons. The van der Waals surface area contributed by atoms with Crippen molar-refractivity contribution in [2.75, 3.05) is 7.11 Å². The Hall–Kier alpha value is -4.62. The van der Waals surface area contributed by atoms with E-state index in [-0.39, 0.29) is 4.90 Å². The first-order valence-electron chi connectivity index (χ1n) is 13.6. The van der Waals surface area contributed by atoms with Crippen LogP contribution in [0.5, 0.6) is 0 Å². The molecular weight excluding hydrogens is 532 g/mol. The van der Waals surface area contributed by atoms with E-state index >= 15 is 0 Å². The SMILES string of the molecule is COC(=O)n1c2c(c3ccccc31)C(S(=O)(=O)c1ccc(C)cc1)C(C)c1c-2n(-c2ccccc2)c2ccccc12. The first kappa shape index (κ1) is 25.4. The molecule has 0 saturated carbocycles. The highest BCUT2D eigenvalue weighted by Crippen LogP contribution is 2.57. The summed E-state index contributed by atoms with van der Waals surface area (Å²) in [6.07, 6.45) is -0.570. The number of sulfone groups is 1. The number of nitrogens with zero attached hydrogens (tertiary/aromatic N) is 2. The van der Waals surface area contributed by atoms with Gasteiger partial charge in [0.15, 0.2) is 9.84 Å². The number of hydrogen-bond donors (Lipinski definition) is 0. The maximum Gasteiger partial charge on any atom is 0.418 e. The highest BCUT2D eigenvalue weighted by atomic mass is 32.2. The topological polar surface area (TPSA) is 70.3 Å². The smallest absolute Gasteiger partial charge is 0.418 e. The molecule has 0 bridgehead atoms. The second kappa shape index (κ2) is 9.21. The largest absolute Gasteiger partial charge is 0.452 e. The van der Waals surface area contributed by atoms with Gasteiger partial charge in [-0.1, -0.05) is 79.2 Å². The predicted octanol–water partition coefficient (Wildman–Crippen LogP) is 7.81. The van der Waals surface area contributed by atoms with Crippen molar-refractivity contribution in [2.45, 2.75) is 29.9 Å². The highest BCUT2D eigenvalue weighted by Gasteiger charge is 2.47. The van der Waals surface area contributed by atoms with E-state index in [9.17, 15) is 13.2 Å². The third-order valence-electron chi connectivity index (χ3n) is 8.30. The van der Waals surface area contributed by atoms with Crippen LogP contribution in [0.2, 0.25) is 0 Å². The molecule has 2 aromatic heterocycles. The van der Waals surface area contributed by atoms with E-state index in [1.165, 1.54) is 7.11 Å². The van der Waals surface area contributed by atoms with Crippen molar-refractivity contribution in [3.63, 3.8) is 0 Å². The molecule has 6 nitrogen and oxygen atoms in total. The Morgan fingerprint density at radius 3 is 1.98 bits per heavy atom. The van der Waals surface area contributed by atoms with Gasteiger partial charge in [0, 0.05) is 27.9 Å². The summed E-state index contributed by atoms with van der Waals surface area (Å²) < 4.78 is 38.3. The number of ether oxygens (including phenoxy) is 1. The molecule has 2 atom stereocenters. The number of para-hydroxylation sites is 3. The summed E-state index contributed by atoms with van der Waals surface area (Å²) in [4.78, 5) is 13.8. The molecule has 7 rings (SSSR count). The lowest BCUT2D eigenvalue weighted by Crippen LogP contribution is -2.25. The van der Waals surface area contributed by atoms with Crippen LogP contribution in [-0.4, -0.2) is 30.8 Å². The molecule has 6 aromatic rings. The molecule has 4 aromatic carbocycles. The Morgan fingerprint density at radius 2 is 1.32 bits per heavy atom. The minimum atomic E-state index is -3.89. The zero-order valence-electron chi connectivity index (χ0n) is 22.9. The second-order valence-electron chi connectivity index (χ2n) is 10.6. The van der Waals surface area contributed by atoms with Crippen molar-refractivity contribution < 1.29 is 17.9 Å². The fourth-order valence-electron chi connectivity index (χ4n) is 6.57. The minimum Gasteiger partial charge on any atom is -0.452 e. The van der Waals surface area contributed by atoms with Gasteiger partial charge in [-0.05, 0) is 48.9 Å². The standard InChI is InChI=1S/C34H28N2O4S/c1-21-17-19-24(20-18-21)41(38,39)33-22(2)29-25-13-7-9-15-27(25)35(23-11-5-4-6-12-23)31(29)32-30(33)26-14-8-10-16-28(26)36(32)34(37)40-3/h4-20,22,33H,1-3H3. The number of aromatic nitrogens is 2. The number of carbonyl (C=O) groups is 1. The van der Waals surface area contributed by atoms with Gasteiger partial charge in [-0.2, -0.15) is 0 Å². The maximum absolute atomic E-state index is 14.7. The molecule has 7 heteroatoms. The van der Waals surface area contributed by atoms with Gasteiger partial charge in [0.1, 0.15) is 5.25 Å². The van der Waals surface area contributed by atoms with Gasteiger partial charge < -0.3 is 9.30 Å². The van der Waals surface area contributed by atoms with Crippen molar-refractivity contribution in [3.8, 4) is 17.1 Å². The number of carbonyl (C=O) groups excluding carboxylic acids is 1. The Kier molecular flexibility index (Phi) is 5.70. The molecule has 1 aliphatic rings. The number of benzene rings is 4. The molecular formula is C34H28N2O4S. The molecule has 2 heterocycles. The van der Waals surface area contributed by atoms with E-state index in [2.05, 4.69) is 4.57 Å². The van der Waals surface area contributed by atoms with Crippen LogP contribution < -0.4 is 0 Å². The average molecular weight is 561 g/mol. The Balaban J connectivity index is 1.69. The summed E-state index contributed by atoms with van der Waals surface area (Å²) in [5.74, 6) is -0.421. The normalized spacial score (nSPS) is 16.5. The van der Waals surface area contributed by atoms with E-state index in [1.54, 1.807) is 16.7 Å². The summed E-state index contributed by atoms with van der Waals surface area (Å²) in [7, 11) is -2.54. The third kappa shape index (κ3) is 3.55. The van der Waals surface area contributed by atoms with Crippen LogP contribution in [0.4, 0.5) is 4.79 Å². The van der Waals surface area contributed by atoms with Gasteiger partial charge in [-0.3, -0.25) is 0 Å². The lowest BCUT2D eigenvalue weighted by molar-refractivity contribution is 0.174. The third-order valence-corrected chi connectivity index (χ3v) is 10.5. The molecule has 0 amide bonds. The molecule has 0 spiro atoms. The number of rotatable bonds is 3. The fraction of sp³-hybridized carbons (Fsp3) is 0.147. The number of hydrogen-bond acceptors (Lipinski definition) is 4. The van der Waals surface area contributed by atoms with Crippen molar-refractivity contribution in [1.82, 2.24) is 9.13 Å². The summed E-state index contributed by atoms with van der Waals surface area (Å²) in [6.45, 7) is 3.93. The van der Waals surface area contributed by atoms with E-state index in [0.29, 0.717) is 16.8 Å². The summed E-state index contributed by atoms with van der Waals surface area (Å²) in [5, 5.41) is 0.741. The lowest BCUT2D eigenvalue weighted by Gasteiger charge is -2.31. The van der Waals surface area contributed by atoms with Gasteiger partial charge in [0.2, 0.25) is 0 Å². The first-order chi connectivity index (χ1) is 19.8. The molecule has 2 unspecified atom stereocenters. The van der Waals surface area contributed by atoms with E-state index in [1.807, 2.05) is 105 Å². The number of fused-ring (bicyclic) bond motifs is 7. The molecule has 41 heavy (non-hydrogen) atoms. The van der Waals surface area contributed by atoms with Crippen LogP contribution in [-0.2, 0) is 14.6 Å². The Labute approximate surface area is 238 Å². The number of methoxy groups -OCH3 is 1. The summed E-state index contributed by atoms with van der Waals surface area (Å²) in [5.41, 5.74) is 6.32. The van der Waals surface area contributed by atoms with Crippen LogP contribution in [0.1, 0.15) is 34.8 Å². The van der Waals surface area contributed by atoms with Crippen molar-refractivity contribution in [1.29, 1.82) is 0 Å². The minimum absolute atomic E-state index is 0.260. The highest BCUT2D eigenvalue weighted by molar-refractivity contribution is 7.91. The van der Waals surface area contributed by atoms with Gasteiger partial charge in [0.25, 0.3) is 0 Å². The molecule has 0 fully saturated rings. The van der Waals surface area contributed by atoms with E-state index < -0.39 is 27.1 Å². The lowest BCUT2D eigenvalue weighted by atomic mass is 9.83. The zero-order valence-corrected chi connectivity index (χ0v) is 23.7. The molecule has 0 N–H and O–H groups in total. The van der Waals surface area contributed by atoms with Crippen LogP contribution in [0.25, 0.3) is 38.9 Å². The van der Waals surface area contributed by atoms with E-state index in [0.717, 1.165) is 38.8 Å². The first-order valence-corrected chi connectivity index (χ1v) is 15.1. The van der Waals surface area contributed by atoms with Gasteiger partial charge in [-0.15, -0.1) is 0 Å². The molecule has 0 saturated heterocycles. The van der Waals surface area contributed by atoms with Crippen LogP contribution in [0, 0.1) is 6.92 Å². The number of aryl methyl sites for hydroxylation is 1. The zero-order chi connectivity index (χ0) is 28.5. The van der Waals surface area contributed by atoms with Gasteiger partial charge >= 0.3 is 6.09 Å². The van der Waals surface area contributed by atoms with E-state index in [4.69, 9.17) is 4.74 Å². The van der Waals surface area contributed by atoms with Crippen LogP contribution in [0.3, 0.4) is 0 Å². The van der Waals surface area contributed by atoms with Crippen LogP contribution in [0.15, 0.2) is 108 Å². The Bertz CT molecular complexity index is 2090.